The lowest BCUT2D eigenvalue weighted by molar-refractivity contribution is 0.0993. The highest BCUT2D eigenvalue weighted by Crippen LogP contribution is 2.18. The minimum absolute atomic E-state index is 0.0900. The van der Waals surface area contributed by atoms with Gasteiger partial charge < -0.3 is 4.90 Å². The number of carbonyl (C=O) groups excluding carboxylic acids is 1. The molecule has 0 saturated heterocycles. The molecule has 0 N–H and O–H groups in total. The summed E-state index contributed by atoms with van der Waals surface area (Å²) in [6.45, 7) is 4.00. The fourth-order valence-electron chi connectivity index (χ4n) is 1.94. The predicted octanol–water partition coefficient (Wildman–Crippen LogP) is 3.88. The standard InChI is InChI=1S/C16H17ClN2O/c1-4-13-9-12(10-15(17)18-13)16(20)19(3)14-7-5-11(2)6-8-14/h5-10H,4H2,1-3H3. The molecule has 0 aliphatic heterocycles. The summed E-state index contributed by atoms with van der Waals surface area (Å²) >= 11 is 5.96. The van der Waals surface area contributed by atoms with Gasteiger partial charge in [-0.25, -0.2) is 4.98 Å². The maximum Gasteiger partial charge on any atom is 0.258 e. The summed E-state index contributed by atoms with van der Waals surface area (Å²) in [5.41, 5.74) is 3.39. The number of aromatic nitrogens is 1. The Morgan fingerprint density at radius 1 is 1.25 bits per heavy atom. The van der Waals surface area contributed by atoms with Crippen LogP contribution in [0.3, 0.4) is 0 Å². The second kappa shape index (κ2) is 6.06. The zero-order valence-corrected chi connectivity index (χ0v) is 12.6. The number of hydrogen-bond donors (Lipinski definition) is 0. The van der Waals surface area contributed by atoms with Gasteiger partial charge in [0.15, 0.2) is 0 Å². The molecule has 0 bridgehead atoms. The minimum atomic E-state index is -0.0900. The van der Waals surface area contributed by atoms with Gasteiger partial charge in [0.25, 0.3) is 5.91 Å². The Morgan fingerprint density at radius 2 is 1.90 bits per heavy atom. The summed E-state index contributed by atoms with van der Waals surface area (Å²) in [5, 5.41) is 0.352. The molecule has 20 heavy (non-hydrogen) atoms. The Bertz CT molecular complexity index is 623. The summed E-state index contributed by atoms with van der Waals surface area (Å²) in [7, 11) is 1.76. The number of rotatable bonds is 3. The first-order chi connectivity index (χ1) is 9.51. The normalized spacial score (nSPS) is 10.4. The molecule has 2 aromatic rings. The molecule has 0 unspecified atom stereocenters. The van der Waals surface area contributed by atoms with E-state index in [1.807, 2.05) is 38.1 Å². The molecule has 0 fully saturated rings. The third-order valence-electron chi connectivity index (χ3n) is 3.18. The van der Waals surface area contributed by atoms with Crippen molar-refractivity contribution in [2.45, 2.75) is 20.3 Å². The van der Waals surface area contributed by atoms with Gasteiger partial charge in [-0.05, 0) is 37.6 Å². The summed E-state index contributed by atoms with van der Waals surface area (Å²) in [5.74, 6) is -0.0900. The van der Waals surface area contributed by atoms with Crippen LogP contribution >= 0.6 is 11.6 Å². The van der Waals surface area contributed by atoms with E-state index >= 15 is 0 Å². The van der Waals surface area contributed by atoms with Gasteiger partial charge >= 0.3 is 0 Å². The van der Waals surface area contributed by atoms with Crippen molar-refractivity contribution in [3.63, 3.8) is 0 Å². The van der Waals surface area contributed by atoms with E-state index in [0.29, 0.717) is 10.7 Å². The summed E-state index contributed by atoms with van der Waals surface area (Å²) in [4.78, 5) is 18.3. The molecular weight excluding hydrogens is 272 g/mol. The van der Waals surface area contributed by atoms with Crippen LogP contribution in [0.15, 0.2) is 36.4 Å². The van der Waals surface area contributed by atoms with Gasteiger partial charge in [-0.15, -0.1) is 0 Å². The minimum Gasteiger partial charge on any atom is -0.311 e. The lowest BCUT2D eigenvalue weighted by atomic mass is 10.1. The Hall–Kier alpha value is -1.87. The summed E-state index contributed by atoms with van der Waals surface area (Å²) in [6, 6.07) is 11.2. The van der Waals surface area contributed by atoms with Gasteiger partial charge in [0.05, 0.1) is 0 Å². The second-order valence-corrected chi connectivity index (χ2v) is 5.11. The number of nitrogens with zero attached hydrogens (tertiary/aromatic N) is 2. The first kappa shape index (κ1) is 14.5. The number of anilines is 1. The number of benzene rings is 1. The van der Waals surface area contributed by atoms with Crippen molar-refractivity contribution in [1.82, 2.24) is 4.98 Å². The molecule has 0 aliphatic rings. The van der Waals surface area contributed by atoms with E-state index in [1.165, 1.54) is 0 Å². The Kier molecular flexibility index (Phi) is 4.40. The number of halogens is 1. The molecule has 1 amide bonds. The van der Waals surface area contributed by atoms with Crippen LogP contribution < -0.4 is 4.90 Å². The van der Waals surface area contributed by atoms with Crippen LogP contribution in [0.1, 0.15) is 28.5 Å². The van der Waals surface area contributed by atoms with Gasteiger partial charge in [-0.3, -0.25) is 4.79 Å². The van der Waals surface area contributed by atoms with Gasteiger partial charge in [-0.2, -0.15) is 0 Å². The Morgan fingerprint density at radius 3 is 2.50 bits per heavy atom. The van der Waals surface area contributed by atoms with Crippen molar-refractivity contribution in [3.05, 3.63) is 58.4 Å². The smallest absolute Gasteiger partial charge is 0.258 e. The first-order valence-corrected chi connectivity index (χ1v) is 6.90. The molecular formula is C16H17ClN2O. The van der Waals surface area contributed by atoms with E-state index in [4.69, 9.17) is 11.6 Å². The van der Waals surface area contributed by atoms with E-state index in [-0.39, 0.29) is 5.91 Å². The largest absolute Gasteiger partial charge is 0.311 e. The van der Waals surface area contributed by atoms with Crippen LogP contribution in [-0.2, 0) is 6.42 Å². The molecule has 3 nitrogen and oxygen atoms in total. The highest BCUT2D eigenvalue weighted by atomic mass is 35.5. The second-order valence-electron chi connectivity index (χ2n) is 4.72. The van der Waals surface area contributed by atoms with Crippen molar-refractivity contribution >= 4 is 23.2 Å². The van der Waals surface area contributed by atoms with Crippen molar-refractivity contribution < 1.29 is 4.79 Å². The molecule has 0 saturated carbocycles. The first-order valence-electron chi connectivity index (χ1n) is 6.52. The summed E-state index contributed by atoms with van der Waals surface area (Å²) in [6.07, 6.45) is 0.745. The average Bonchev–Trinajstić information content (AvgIpc) is 2.45. The Balaban J connectivity index is 2.30. The lowest BCUT2D eigenvalue weighted by Crippen LogP contribution is -2.26. The summed E-state index contributed by atoms with van der Waals surface area (Å²) < 4.78 is 0. The molecule has 104 valence electrons. The number of aryl methyl sites for hydroxylation is 2. The molecule has 4 heteroatoms. The molecule has 2 rings (SSSR count). The quantitative estimate of drug-likeness (QED) is 0.803. The highest BCUT2D eigenvalue weighted by Gasteiger charge is 2.15. The molecule has 1 heterocycles. The van der Waals surface area contributed by atoms with Crippen LogP contribution in [0.25, 0.3) is 0 Å². The van der Waals surface area contributed by atoms with Gasteiger partial charge in [0.1, 0.15) is 5.15 Å². The SMILES string of the molecule is CCc1cc(C(=O)N(C)c2ccc(C)cc2)cc(Cl)n1. The maximum absolute atomic E-state index is 12.5. The molecule has 0 aliphatic carbocycles. The van der Waals surface area contributed by atoms with E-state index in [9.17, 15) is 4.79 Å². The van der Waals surface area contributed by atoms with Crippen LogP contribution in [0, 0.1) is 6.92 Å². The maximum atomic E-state index is 12.5. The van der Waals surface area contributed by atoms with Crippen LogP contribution in [0.4, 0.5) is 5.69 Å². The van der Waals surface area contributed by atoms with Crippen molar-refractivity contribution in [2.24, 2.45) is 0 Å². The number of amides is 1. The fraction of sp³-hybridized carbons (Fsp3) is 0.250. The van der Waals surface area contributed by atoms with Crippen molar-refractivity contribution in [3.8, 4) is 0 Å². The third-order valence-corrected chi connectivity index (χ3v) is 3.38. The fourth-order valence-corrected chi connectivity index (χ4v) is 2.16. The molecule has 1 aromatic carbocycles. The molecule has 0 radical (unpaired) electrons. The van der Waals surface area contributed by atoms with Gasteiger partial charge in [0.2, 0.25) is 0 Å². The zero-order chi connectivity index (χ0) is 14.7. The number of hydrogen-bond acceptors (Lipinski definition) is 2. The monoisotopic (exact) mass is 288 g/mol. The average molecular weight is 289 g/mol. The number of carbonyl (C=O) groups is 1. The molecule has 1 aromatic heterocycles. The van der Waals surface area contributed by atoms with E-state index in [0.717, 1.165) is 23.4 Å². The van der Waals surface area contributed by atoms with E-state index in [2.05, 4.69) is 4.98 Å². The molecule has 0 atom stereocenters. The van der Waals surface area contributed by atoms with Gasteiger partial charge in [0, 0.05) is 24.0 Å². The zero-order valence-electron chi connectivity index (χ0n) is 11.9. The van der Waals surface area contributed by atoms with Crippen LogP contribution in [0.2, 0.25) is 5.15 Å². The molecule has 0 spiro atoms. The van der Waals surface area contributed by atoms with Gasteiger partial charge in [-0.1, -0.05) is 36.2 Å². The number of pyridine rings is 1. The topological polar surface area (TPSA) is 33.2 Å². The van der Waals surface area contributed by atoms with E-state index < -0.39 is 0 Å². The predicted molar refractivity (Wildman–Crippen MR) is 82.5 cm³/mol. The van der Waals surface area contributed by atoms with Crippen LogP contribution in [-0.4, -0.2) is 17.9 Å². The van der Waals surface area contributed by atoms with Crippen molar-refractivity contribution in [2.75, 3.05) is 11.9 Å². The highest BCUT2D eigenvalue weighted by molar-refractivity contribution is 6.29. The van der Waals surface area contributed by atoms with E-state index in [1.54, 1.807) is 24.1 Å². The lowest BCUT2D eigenvalue weighted by Gasteiger charge is -2.18. The third kappa shape index (κ3) is 3.17. The Labute approximate surface area is 124 Å². The van der Waals surface area contributed by atoms with Crippen LogP contribution in [0.5, 0.6) is 0 Å². The van der Waals surface area contributed by atoms with Crippen molar-refractivity contribution in [1.29, 1.82) is 0 Å².